The van der Waals surface area contributed by atoms with Gasteiger partial charge >= 0.3 is 6.18 Å². The summed E-state index contributed by atoms with van der Waals surface area (Å²) in [5.41, 5.74) is 2.38. The van der Waals surface area contributed by atoms with Crippen molar-refractivity contribution in [1.82, 2.24) is 15.0 Å². The number of rotatable bonds is 7. The highest BCUT2D eigenvalue weighted by Gasteiger charge is 2.30. The number of aromatic nitrogens is 3. The molecule has 0 aliphatic carbocycles. The highest BCUT2D eigenvalue weighted by atomic mass is 32.2. The summed E-state index contributed by atoms with van der Waals surface area (Å²) < 4.78 is 63.6. The van der Waals surface area contributed by atoms with Gasteiger partial charge in [0.1, 0.15) is 11.6 Å². The molecule has 0 atom stereocenters. The third-order valence-electron chi connectivity index (χ3n) is 5.69. The fraction of sp³-hybridized carbons (Fsp3) is 0.0741. The highest BCUT2D eigenvalue weighted by molar-refractivity contribution is 7.90. The van der Waals surface area contributed by atoms with Crippen LogP contribution in [0.3, 0.4) is 0 Å². The van der Waals surface area contributed by atoms with E-state index < -0.39 is 21.6 Å². The van der Waals surface area contributed by atoms with Crippen molar-refractivity contribution < 1.29 is 21.6 Å². The van der Waals surface area contributed by atoms with E-state index >= 15 is 0 Å². The van der Waals surface area contributed by atoms with Gasteiger partial charge in [0.05, 0.1) is 10.5 Å². The van der Waals surface area contributed by atoms with E-state index in [9.17, 15) is 21.6 Å². The normalized spacial score (nSPS) is 11.8. The van der Waals surface area contributed by atoms with Crippen LogP contribution in [0.4, 0.5) is 36.4 Å². The largest absolute Gasteiger partial charge is 0.416 e. The molecule has 12 heteroatoms. The van der Waals surface area contributed by atoms with Gasteiger partial charge in [-0.1, -0.05) is 18.2 Å². The molecule has 2 N–H and O–H groups in total. The van der Waals surface area contributed by atoms with Crippen molar-refractivity contribution in [3.05, 3.63) is 95.4 Å². The standard InChI is InChI=1S/C27H20F3N5O2S2/c1-39(36,37)22-8-5-17(6-9-22)23-15-32-26(34-24-10-7-18(14-31-24)19-11-12-38-16-19)35-25(23)33-21-4-2-3-20(13-21)27(28,29)30/h2-16H,1H3,(H2,31,32,33,34,35). The molecule has 0 unspecified atom stereocenters. The Bertz CT molecular complexity index is 1710. The lowest BCUT2D eigenvalue weighted by Crippen LogP contribution is -2.07. The maximum Gasteiger partial charge on any atom is 0.416 e. The second-order valence-electron chi connectivity index (χ2n) is 8.53. The molecule has 0 amide bonds. The number of hydrogen-bond donors (Lipinski definition) is 2. The lowest BCUT2D eigenvalue weighted by atomic mass is 10.1. The van der Waals surface area contributed by atoms with Crippen molar-refractivity contribution in [3.8, 4) is 22.3 Å². The third-order valence-corrected chi connectivity index (χ3v) is 7.50. The topological polar surface area (TPSA) is 96.9 Å². The van der Waals surface area contributed by atoms with E-state index in [-0.39, 0.29) is 22.3 Å². The molecule has 0 saturated heterocycles. The number of pyridine rings is 1. The van der Waals surface area contributed by atoms with Crippen LogP contribution in [0.1, 0.15) is 5.56 Å². The zero-order chi connectivity index (χ0) is 27.6. The molecule has 0 fully saturated rings. The van der Waals surface area contributed by atoms with Crippen LogP contribution in [0.15, 0.2) is 94.8 Å². The predicted octanol–water partition coefficient (Wildman–Crippen LogP) is 7.18. The quantitative estimate of drug-likeness (QED) is 0.215. The molecule has 0 aliphatic rings. The third kappa shape index (κ3) is 6.24. The van der Waals surface area contributed by atoms with Crippen molar-refractivity contribution in [1.29, 1.82) is 0 Å². The highest BCUT2D eigenvalue weighted by Crippen LogP contribution is 2.34. The minimum absolute atomic E-state index is 0.134. The SMILES string of the molecule is CS(=O)(=O)c1ccc(-c2cnc(Nc3ccc(-c4ccsc4)cn3)nc2Nc2cccc(C(F)(F)F)c2)cc1. The van der Waals surface area contributed by atoms with Crippen molar-refractivity contribution in [2.45, 2.75) is 11.1 Å². The zero-order valence-electron chi connectivity index (χ0n) is 20.3. The van der Waals surface area contributed by atoms with Gasteiger partial charge < -0.3 is 10.6 Å². The summed E-state index contributed by atoms with van der Waals surface area (Å²) in [6, 6.07) is 16.5. The van der Waals surface area contributed by atoms with Gasteiger partial charge in [-0.25, -0.2) is 18.4 Å². The number of benzene rings is 2. The van der Waals surface area contributed by atoms with Gasteiger partial charge in [-0.3, -0.25) is 0 Å². The lowest BCUT2D eigenvalue weighted by Gasteiger charge is -2.15. The van der Waals surface area contributed by atoms with Crippen LogP contribution in [-0.4, -0.2) is 29.6 Å². The number of anilines is 4. The van der Waals surface area contributed by atoms with Crippen LogP contribution in [0.2, 0.25) is 0 Å². The van der Waals surface area contributed by atoms with Crippen molar-refractivity contribution in [3.63, 3.8) is 0 Å². The lowest BCUT2D eigenvalue weighted by molar-refractivity contribution is -0.137. The average molecular weight is 568 g/mol. The van der Waals surface area contributed by atoms with Gasteiger partial charge in [0.15, 0.2) is 9.84 Å². The molecular formula is C27H20F3N5O2S2. The number of hydrogen-bond acceptors (Lipinski definition) is 8. The summed E-state index contributed by atoms with van der Waals surface area (Å²) in [7, 11) is -3.41. The summed E-state index contributed by atoms with van der Waals surface area (Å²) in [4.78, 5) is 13.4. The van der Waals surface area contributed by atoms with Gasteiger partial charge in [0.25, 0.3) is 0 Å². The van der Waals surface area contributed by atoms with Gasteiger partial charge in [-0.05, 0) is 70.4 Å². The first-order chi connectivity index (χ1) is 18.6. The second-order valence-corrected chi connectivity index (χ2v) is 11.3. The van der Waals surface area contributed by atoms with Crippen LogP contribution in [-0.2, 0) is 16.0 Å². The maximum absolute atomic E-state index is 13.3. The predicted molar refractivity (Wildman–Crippen MR) is 146 cm³/mol. The first-order valence-corrected chi connectivity index (χ1v) is 14.3. The number of nitrogens with zero attached hydrogens (tertiary/aromatic N) is 3. The monoisotopic (exact) mass is 567 g/mol. The molecular weight excluding hydrogens is 547 g/mol. The smallest absolute Gasteiger partial charge is 0.340 e. The van der Waals surface area contributed by atoms with Gasteiger partial charge in [-0.2, -0.15) is 29.5 Å². The van der Waals surface area contributed by atoms with Crippen LogP contribution < -0.4 is 10.6 Å². The summed E-state index contributed by atoms with van der Waals surface area (Å²) in [6.45, 7) is 0. The van der Waals surface area contributed by atoms with E-state index in [1.165, 1.54) is 30.5 Å². The fourth-order valence-electron chi connectivity index (χ4n) is 3.72. The molecule has 198 valence electrons. The Balaban J connectivity index is 1.49. The summed E-state index contributed by atoms with van der Waals surface area (Å²) in [6.07, 6.45) is -0.196. The summed E-state index contributed by atoms with van der Waals surface area (Å²) in [5, 5.41) is 9.96. The average Bonchev–Trinajstić information content (AvgIpc) is 3.44. The van der Waals surface area contributed by atoms with Gasteiger partial charge in [0.2, 0.25) is 5.95 Å². The minimum atomic E-state index is -4.51. The minimum Gasteiger partial charge on any atom is -0.340 e. The summed E-state index contributed by atoms with van der Waals surface area (Å²) >= 11 is 1.58. The first kappa shape index (κ1) is 26.3. The molecule has 0 bridgehead atoms. The summed E-state index contributed by atoms with van der Waals surface area (Å²) in [5.74, 6) is 0.856. The molecule has 39 heavy (non-hydrogen) atoms. The van der Waals surface area contributed by atoms with E-state index in [4.69, 9.17) is 0 Å². The Hall–Kier alpha value is -4.29. The molecule has 5 rings (SSSR count). The van der Waals surface area contributed by atoms with Crippen molar-refractivity contribution in [2.24, 2.45) is 0 Å². The number of thiophene rings is 1. The first-order valence-electron chi connectivity index (χ1n) is 11.4. The van der Waals surface area contributed by atoms with E-state index in [1.54, 1.807) is 35.7 Å². The Morgan fingerprint density at radius 3 is 2.26 bits per heavy atom. The number of nitrogens with one attached hydrogen (secondary N) is 2. The Morgan fingerprint density at radius 1 is 0.846 bits per heavy atom. The van der Waals surface area contributed by atoms with Crippen LogP contribution in [0.25, 0.3) is 22.3 Å². The molecule has 5 aromatic rings. The molecule has 2 aromatic carbocycles. The molecule has 7 nitrogen and oxygen atoms in total. The fourth-order valence-corrected chi connectivity index (χ4v) is 5.02. The molecule has 0 spiro atoms. The van der Waals surface area contributed by atoms with Crippen molar-refractivity contribution >= 4 is 44.4 Å². The van der Waals surface area contributed by atoms with E-state index in [0.29, 0.717) is 16.9 Å². The maximum atomic E-state index is 13.3. The number of sulfone groups is 1. The Labute approximate surface area is 226 Å². The van der Waals surface area contributed by atoms with Gasteiger partial charge in [-0.15, -0.1) is 0 Å². The Kier molecular flexibility index (Phi) is 7.06. The molecule has 3 heterocycles. The van der Waals surface area contributed by atoms with Crippen LogP contribution in [0.5, 0.6) is 0 Å². The molecule has 3 aromatic heterocycles. The van der Waals surface area contributed by atoms with E-state index in [1.807, 2.05) is 22.9 Å². The van der Waals surface area contributed by atoms with Crippen LogP contribution >= 0.6 is 11.3 Å². The number of halogens is 3. The van der Waals surface area contributed by atoms with Crippen molar-refractivity contribution in [2.75, 3.05) is 16.9 Å². The second kappa shape index (κ2) is 10.5. The molecule has 0 saturated carbocycles. The van der Waals surface area contributed by atoms with E-state index in [2.05, 4.69) is 25.6 Å². The van der Waals surface area contributed by atoms with E-state index in [0.717, 1.165) is 29.5 Å². The Morgan fingerprint density at radius 2 is 1.62 bits per heavy atom. The molecule has 0 radical (unpaired) electrons. The van der Waals surface area contributed by atoms with Gasteiger partial charge in [0, 0.05) is 35.5 Å². The zero-order valence-corrected chi connectivity index (χ0v) is 21.9. The number of alkyl halides is 3. The molecule has 0 aliphatic heterocycles. The van der Waals surface area contributed by atoms with Crippen LogP contribution in [0, 0.1) is 0 Å².